The van der Waals surface area contributed by atoms with Gasteiger partial charge in [0.15, 0.2) is 0 Å². The van der Waals surface area contributed by atoms with Gasteiger partial charge in [-0.2, -0.15) is 0 Å². The number of carbonyl (C=O) groups excluding carboxylic acids is 2. The number of halogens is 1. The van der Waals surface area contributed by atoms with Crippen molar-refractivity contribution in [2.45, 2.75) is 12.8 Å². The van der Waals surface area contributed by atoms with Gasteiger partial charge in [-0.3, -0.25) is 9.59 Å². The molecule has 2 heterocycles. The van der Waals surface area contributed by atoms with Crippen LogP contribution in [0.25, 0.3) is 0 Å². The summed E-state index contributed by atoms with van der Waals surface area (Å²) in [6.07, 6.45) is 2.80. The Morgan fingerprint density at radius 3 is 2.73 bits per heavy atom. The van der Waals surface area contributed by atoms with Gasteiger partial charge >= 0.3 is 0 Å². The number of carbonyl (C=O) groups is 2. The van der Waals surface area contributed by atoms with Crippen LogP contribution in [-0.2, 0) is 4.79 Å². The molecule has 2 aromatic rings. The molecule has 1 aliphatic rings. The molecule has 6 heteroatoms. The van der Waals surface area contributed by atoms with Crippen molar-refractivity contribution in [1.29, 1.82) is 0 Å². The summed E-state index contributed by atoms with van der Waals surface area (Å²) >= 11 is 5.72. The summed E-state index contributed by atoms with van der Waals surface area (Å²) in [5.74, 6) is -0.210. The van der Waals surface area contributed by atoms with E-state index in [2.05, 4.69) is 10.3 Å². The summed E-state index contributed by atoms with van der Waals surface area (Å²) in [6.45, 7) is 0.675. The Hall–Kier alpha value is -2.40. The number of nitrogens with zero attached hydrogens (tertiary/aromatic N) is 2. The van der Waals surface area contributed by atoms with E-state index in [1.807, 2.05) is 18.2 Å². The fraction of sp³-hybridized carbons (Fsp3) is 0.188. The van der Waals surface area contributed by atoms with Crippen LogP contribution >= 0.6 is 11.6 Å². The van der Waals surface area contributed by atoms with Crippen LogP contribution in [0.3, 0.4) is 0 Å². The van der Waals surface area contributed by atoms with E-state index >= 15 is 0 Å². The second-order valence-corrected chi connectivity index (χ2v) is 5.38. The predicted molar refractivity (Wildman–Crippen MR) is 85.2 cm³/mol. The molecule has 5 nitrogen and oxygen atoms in total. The highest BCUT2D eigenvalue weighted by molar-refractivity contribution is 6.29. The molecule has 0 radical (unpaired) electrons. The molecule has 0 spiro atoms. The van der Waals surface area contributed by atoms with Crippen LogP contribution in [0.4, 0.5) is 11.4 Å². The molecule has 0 unspecified atom stereocenters. The number of aromatic nitrogens is 1. The van der Waals surface area contributed by atoms with E-state index in [0.29, 0.717) is 29.4 Å². The lowest BCUT2D eigenvalue weighted by Crippen LogP contribution is -2.25. The molecule has 0 atom stereocenters. The third-order valence-electron chi connectivity index (χ3n) is 3.51. The largest absolute Gasteiger partial charge is 0.320 e. The van der Waals surface area contributed by atoms with Gasteiger partial charge in [0.05, 0.1) is 16.9 Å². The molecule has 0 saturated carbocycles. The Bertz CT molecular complexity index is 716. The molecule has 0 bridgehead atoms. The molecule has 22 heavy (non-hydrogen) atoms. The molecule has 1 fully saturated rings. The average Bonchev–Trinajstić information content (AvgIpc) is 2.94. The Morgan fingerprint density at radius 1 is 1.23 bits per heavy atom. The highest BCUT2D eigenvalue weighted by Gasteiger charge is 2.24. The van der Waals surface area contributed by atoms with Crippen LogP contribution in [-0.4, -0.2) is 23.3 Å². The number of hydrogen-bond acceptors (Lipinski definition) is 3. The predicted octanol–water partition coefficient (Wildman–Crippen LogP) is 3.11. The fourth-order valence-corrected chi connectivity index (χ4v) is 2.53. The summed E-state index contributed by atoms with van der Waals surface area (Å²) in [6, 6.07) is 10.4. The molecule has 1 aromatic heterocycles. The molecule has 1 aliphatic heterocycles. The van der Waals surface area contributed by atoms with Gasteiger partial charge in [-0.25, -0.2) is 4.98 Å². The van der Waals surface area contributed by atoms with Gasteiger partial charge in [0.25, 0.3) is 5.91 Å². The van der Waals surface area contributed by atoms with Gasteiger partial charge in [-0.15, -0.1) is 0 Å². The van der Waals surface area contributed by atoms with E-state index in [1.165, 1.54) is 6.20 Å². The third-order valence-corrected chi connectivity index (χ3v) is 3.73. The summed E-state index contributed by atoms with van der Waals surface area (Å²) in [5.41, 5.74) is 1.74. The number of amides is 2. The Kier molecular flexibility index (Phi) is 4.06. The standard InChI is InChI=1S/C16H14ClN3O2/c17-14-8-7-11(10-18-14)16(22)19-12-4-1-2-5-13(12)20-9-3-6-15(20)21/h1-2,4-5,7-8,10H,3,6,9H2,(H,19,22). The van der Waals surface area contributed by atoms with E-state index in [0.717, 1.165) is 12.1 Å². The third kappa shape index (κ3) is 2.94. The zero-order chi connectivity index (χ0) is 15.5. The lowest BCUT2D eigenvalue weighted by molar-refractivity contribution is -0.117. The molecule has 0 aliphatic carbocycles. The van der Waals surface area contributed by atoms with Crippen molar-refractivity contribution in [3.63, 3.8) is 0 Å². The minimum Gasteiger partial charge on any atom is -0.320 e. The van der Waals surface area contributed by atoms with Crippen molar-refractivity contribution in [3.8, 4) is 0 Å². The minimum absolute atomic E-state index is 0.0786. The summed E-state index contributed by atoms with van der Waals surface area (Å²) in [7, 11) is 0. The average molecular weight is 316 g/mol. The number of benzene rings is 1. The first kappa shape index (κ1) is 14.5. The molecular formula is C16H14ClN3O2. The number of pyridine rings is 1. The summed E-state index contributed by atoms with van der Waals surface area (Å²) in [5, 5.41) is 3.16. The topological polar surface area (TPSA) is 62.3 Å². The monoisotopic (exact) mass is 315 g/mol. The van der Waals surface area contributed by atoms with Crippen LogP contribution in [0, 0.1) is 0 Å². The van der Waals surface area contributed by atoms with Crippen LogP contribution in [0.15, 0.2) is 42.6 Å². The van der Waals surface area contributed by atoms with Gasteiger partial charge in [-0.1, -0.05) is 23.7 Å². The summed E-state index contributed by atoms with van der Waals surface area (Å²) in [4.78, 5) is 29.8. The van der Waals surface area contributed by atoms with Crippen LogP contribution < -0.4 is 10.2 Å². The lowest BCUT2D eigenvalue weighted by Gasteiger charge is -2.19. The zero-order valence-corrected chi connectivity index (χ0v) is 12.5. The second kappa shape index (κ2) is 6.15. The van der Waals surface area contributed by atoms with Crippen LogP contribution in [0.1, 0.15) is 23.2 Å². The normalized spacial score (nSPS) is 14.2. The lowest BCUT2D eigenvalue weighted by atomic mass is 10.2. The van der Waals surface area contributed by atoms with Crippen molar-refractivity contribution >= 4 is 34.8 Å². The minimum atomic E-state index is -0.289. The zero-order valence-electron chi connectivity index (χ0n) is 11.8. The van der Waals surface area contributed by atoms with Gasteiger partial charge in [-0.05, 0) is 30.7 Å². The molecule has 112 valence electrons. The molecule has 1 aromatic carbocycles. The molecule has 2 amide bonds. The SMILES string of the molecule is O=C(Nc1ccccc1N1CCCC1=O)c1ccc(Cl)nc1. The molecule has 1 N–H and O–H groups in total. The van der Waals surface area contributed by atoms with E-state index in [9.17, 15) is 9.59 Å². The Balaban J connectivity index is 1.84. The first-order valence-electron chi connectivity index (χ1n) is 6.97. The first-order valence-corrected chi connectivity index (χ1v) is 7.35. The van der Waals surface area contributed by atoms with Gasteiger partial charge in [0.1, 0.15) is 5.15 Å². The maximum Gasteiger partial charge on any atom is 0.257 e. The molecular weight excluding hydrogens is 302 g/mol. The maximum absolute atomic E-state index is 12.3. The van der Waals surface area contributed by atoms with Gasteiger partial charge in [0.2, 0.25) is 5.91 Å². The van der Waals surface area contributed by atoms with Gasteiger partial charge in [0, 0.05) is 19.2 Å². The highest BCUT2D eigenvalue weighted by Crippen LogP contribution is 2.29. The Morgan fingerprint density at radius 2 is 2.05 bits per heavy atom. The smallest absolute Gasteiger partial charge is 0.257 e. The highest BCUT2D eigenvalue weighted by atomic mass is 35.5. The van der Waals surface area contributed by atoms with Crippen molar-refractivity contribution < 1.29 is 9.59 Å². The number of rotatable bonds is 3. The maximum atomic E-state index is 12.3. The van der Waals surface area contributed by atoms with E-state index in [-0.39, 0.29) is 11.8 Å². The second-order valence-electron chi connectivity index (χ2n) is 4.99. The number of nitrogens with one attached hydrogen (secondary N) is 1. The molecule has 1 saturated heterocycles. The first-order chi connectivity index (χ1) is 10.6. The van der Waals surface area contributed by atoms with E-state index < -0.39 is 0 Å². The number of para-hydroxylation sites is 2. The van der Waals surface area contributed by atoms with E-state index in [1.54, 1.807) is 23.1 Å². The molecule has 3 rings (SSSR count). The Labute approximate surface area is 132 Å². The van der Waals surface area contributed by atoms with Crippen molar-refractivity contribution in [2.24, 2.45) is 0 Å². The van der Waals surface area contributed by atoms with Crippen molar-refractivity contribution in [1.82, 2.24) is 4.98 Å². The quantitative estimate of drug-likeness (QED) is 0.885. The number of anilines is 2. The van der Waals surface area contributed by atoms with E-state index in [4.69, 9.17) is 11.6 Å². The summed E-state index contributed by atoms with van der Waals surface area (Å²) < 4.78 is 0. The fourth-order valence-electron chi connectivity index (χ4n) is 2.42. The van der Waals surface area contributed by atoms with Crippen molar-refractivity contribution in [3.05, 3.63) is 53.3 Å². The van der Waals surface area contributed by atoms with Gasteiger partial charge < -0.3 is 10.2 Å². The number of hydrogen-bond donors (Lipinski definition) is 1. The van der Waals surface area contributed by atoms with Crippen molar-refractivity contribution in [2.75, 3.05) is 16.8 Å². The van der Waals surface area contributed by atoms with Crippen LogP contribution in [0.5, 0.6) is 0 Å². The van der Waals surface area contributed by atoms with Crippen LogP contribution in [0.2, 0.25) is 5.15 Å².